The monoisotopic (exact) mass is 482 g/mol. The first kappa shape index (κ1) is 24.5. The molecular weight excluding hydrogens is 456 g/mol. The van der Waals surface area contributed by atoms with E-state index in [2.05, 4.69) is 10.5 Å². The molecule has 4 aromatic rings. The molecule has 0 fully saturated rings. The average Bonchev–Trinajstić information content (AvgIpc) is 2.89. The van der Waals surface area contributed by atoms with Crippen molar-refractivity contribution < 1.29 is 23.8 Å². The molecule has 0 saturated heterocycles. The summed E-state index contributed by atoms with van der Waals surface area (Å²) < 4.78 is 16.6. The van der Waals surface area contributed by atoms with Crippen LogP contribution in [-0.2, 0) is 4.79 Å². The minimum atomic E-state index is -0.749. The minimum absolute atomic E-state index is 0.279. The van der Waals surface area contributed by atoms with Crippen LogP contribution in [-0.4, -0.2) is 31.3 Å². The summed E-state index contributed by atoms with van der Waals surface area (Å²) in [4.78, 5) is 24.8. The zero-order valence-electron chi connectivity index (χ0n) is 20.2. The lowest BCUT2D eigenvalue weighted by molar-refractivity contribution is -0.127. The number of hydrazone groups is 1. The van der Waals surface area contributed by atoms with E-state index in [1.165, 1.54) is 13.3 Å². The Bertz CT molecular complexity index is 1410. The lowest BCUT2D eigenvalue weighted by Crippen LogP contribution is -2.33. The van der Waals surface area contributed by atoms with Crippen LogP contribution in [0.1, 0.15) is 28.4 Å². The highest BCUT2D eigenvalue weighted by Crippen LogP contribution is 2.28. The first-order chi connectivity index (χ1) is 17.4. The normalized spacial score (nSPS) is 11.8. The van der Waals surface area contributed by atoms with Crippen molar-refractivity contribution in [2.75, 3.05) is 7.11 Å². The summed E-state index contributed by atoms with van der Waals surface area (Å²) in [5.74, 6) is 0.360. The van der Waals surface area contributed by atoms with Gasteiger partial charge < -0.3 is 14.2 Å². The van der Waals surface area contributed by atoms with Gasteiger partial charge in [-0.1, -0.05) is 48.0 Å². The van der Waals surface area contributed by atoms with Gasteiger partial charge in [0, 0.05) is 0 Å². The van der Waals surface area contributed by atoms with Gasteiger partial charge in [-0.15, -0.1) is 0 Å². The van der Waals surface area contributed by atoms with E-state index in [1.807, 2.05) is 61.5 Å². The summed E-state index contributed by atoms with van der Waals surface area (Å²) in [5, 5.41) is 6.13. The molecule has 1 amide bonds. The molecule has 0 heterocycles. The Kier molecular flexibility index (Phi) is 7.60. The SMILES string of the molecule is COc1cc(/C=N\NC(=O)[C@H](C)Oc2ccc3ccccc3c2)ccc1OC(=O)c1ccc(C)cc1. The summed E-state index contributed by atoms with van der Waals surface area (Å²) in [6.45, 7) is 3.60. The molecule has 0 spiro atoms. The molecule has 7 heteroatoms. The molecule has 0 aromatic heterocycles. The summed E-state index contributed by atoms with van der Waals surface area (Å²) in [7, 11) is 1.48. The molecule has 1 atom stereocenters. The fourth-order valence-corrected chi connectivity index (χ4v) is 3.46. The standard InChI is InChI=1S/C29H26N2O5/c1-19-8-11-23(12-9-19)29(33)36-26-15-10-21(16-27(26)34-3)18-30-31-28(32)20(2)35-25-14-13-22-6-4-5-7-24(22)17-25/h4-18,20H,1-3H3,(H,31,32)/b30-18-/t20-/m0/s1. The fraction of sp³-hybridized carbons (Fsp3) is 0.138. The van der Waals surface area contributed by atoms with E-state index in [4.69, 9.17) is 14.2 Å². The molecular formula is C29H26N2O5. The number of hydrogen-bond acceptors (Lipinski definition) is 6. The van der Waals surface area contributed by atoms with Gasteiger partial charge in [-0.2, -0.15) is 5.10 Å². The number of esters is 1. The Morgan fingerprint density at radius 3 is 2.39 bits per heavy atom. The topological polar surface area (TPSA) is 86.2 Å². The molecule has 0 radical (unpaired) electrons. The Morgan fingerprint density at radius 2 is 1.64 bits per heavy atom. The maximum atomic E-state index is 12.4. The minimum Gasteiger partial charge on any atom is -0.493 e. The van der Waals surface area contributed by atoms with Crippen LogP contribution < -0.4 is 19.6 Å². The second kappa shape index (κ2) is 11.2. The van der Waals surface area contributed by atoms with E-state index in [0.29, 0.717) is 22.6 Å². The van der Waals surface area contributed by atoms with E-state index in [0.717, 1.165) is 16.3 Å². The van der Waals surface area contributed by atoms with Crippen LogP contribution in [0.5, 0.6) is 17.2 Å². The van der Waals surface area contributed by atoms with Crippen LogP contribution in [0.15, 0.2) is 90.0 Å². The average molecular weight is 483 g/mol. The van der Waals surface area contributed by atoms with Gasteiger partial charge in [-0.05, 0) is 72.6 Å². The molecule has 4 aromatic carbocycles. The summed E-state index contributed by atoms with van der Waals surface area (Å²) in [6, 6.07) is 25.7. The highest BCUT2D eigenvalue weighted by molar-refractivity contribution is 5.92. The van der Waals surface area contributed by atoms with E-state index in [9.17, 15) is 9.59 Å². The number of carbonyl (C=O) groups excluding carboxylic acids is 2. The molecule has 1 N–H and O–H groups in total. The van der Waals surface area contributed by atoms with Gasteiger partial charge >= 0.3 is 5.97 Å². The van der Waals surface area contributed by atoms with Gasteiger partial charge in [0.25, 0.3) is 5.91 Å². The highest BCUT2D eigenvalue weighted by atomic mass is 16.6. The molecule has 182 valence electrons. The molecule has 0 saturated carbocycles. The number of aryl methyl sites for hydroxylation is 1. The van der Waals surface area contributed by atoms with Crippen molar-refractivity contribution >= 4 is 28.9 Å². The van der Waals surface area contributed by atoms with Crippen molar-refractivity contribution in [3.05, 3.63) is 102 Å². The second-order valence-corrected chi connectivity index (χ2v) is 8.17. The number of benzene rings is 4. The van der Waals surface area contributed by atoms with Crippen molar-refractivity contribution in [3.63, 3.8) is 0 Å². The number of ether oxygens (including phenoxy) is 3. The van der Waals surface area contributed by atoms with E-state index in [-0.39, 0.29) is 5.75 Å². The zero-order chi connectivity index (χ0) is 25.5. The van der Waals surface area contributed by atoms with E-state index in [1.54, 1.807) is 37.3 Å². The van der Waals surface area contributed by atoms with Gasteiger partial charge in [0.15, 0.2) is 17.6 Å². The first-order valence-corrected chi connectivity index (χ1v) is 11.4. The third kappa shape index (κ3) is 6.07. The molecule has 36 heavy (non-hydrogen) atoms. The third-order valence-corrected chi connectivity index (χ3v) is 5.47. The number of rotatable bonds is 8. The lowest BCUT2D eigenvalue weighted by atomic mass is 10.1. The molecule has 0 unspecified atom stereocenters. The van der Waals surface area contributed by atoms with Gasteiger partial charge in [0.05, 0.1) is 18.9 Å². The number of carbonyl (C=O) groups is 2. The lowest BCUT2D eigenvalue weighted by Gasteiger charge is -2.13. The summed E-state index contributed by atoms with van der Waals surface area (Å²) in [5.41, 5.74) is 4.61. The smallest absolute Gasteiger partial charge is 0.343 e. The molecule has 0 aliphatic heterocycles. The Hall–Kier alpha value is -4.65. The van der Waals surface area contributed by atoms with Crippen LogP contribution in [0.25, 0.3) is 10.8 Å². The summed E-state index contributed by atoms with van der Waals surface area (Å²) in [6.07, 6.45) is 0.718. The van der Waals surface area contributed by atoms with Crippen molar-refractivity contribution in [2.45, 2.75) is 20.0 Å². The fourth-order valence-electron chi connectivity index (χ4n) is 3.46. The molecule has 7 nitrogen and oxygen atoms in total. The van der Waals surface area contributed by atoms with Crippen LogP contribution in [0, 0.1) is 6.92 Å². The number of hydrogen-bond donors (Lipinski definition) is 1. The molecule has 0 bridgehead atoms. The van der Waals surface area contributed by atoms with Gasteiger partial charge in [-0.25, -0.2) is 10.2 Å². The molecule has 0 aliphatic rings. The largest absolute Gasteiger partial charge is 0.493 e. The van der Waals surface area contributed by atoms with Crippen LogP contribution in [0.3, 0.4) is 0 Å². The number of amides is 1. The maximum Gasteiger partial charge on any atom is 0.343 e. The number of methoxy groups -OCH3 is 1. The Balaban J connectivity index is 1.35. The number of fused-ring (bicyclic) bond motifs is 1. The quantitative estimate of drug-likeness (QED) is 0.160. The second-order valence-electron chi connectivity index (χ2n) is 8.17. The van der Waals surface area contributed by atoms with Crippen molar-refractivity contribution in [1.29, 1.82) is 0 Å². The van der Waals surface area contributed by atoms with E-state index < -0.39 is 18.0 Å². The highest BCUT2D eigenvalue weighted by Gasteiger charge is 2.15. The van der Waals surface area contributed by atoms with Crippen LogP contribution in [0.4, 0.5) is 0 Å². The summed E-state index contributed by atoms with van der Waals surface area (Å²) >= 11 is 0. The number of nitrogens with zero attached hydrogens (tertiary/aromatic N) is 1. The van der Waals surface area contributed by atoms with Crippen molar-refractivity contribution in [2.24, 2.45) is 5.10 Å². The van der Waals surface area contributed by atoms with Crippen LogP contribution in [0.2, 0.25) is 0 Å². The third-order valence-electron chi connectivity index (χ3n) is 5.47. The van der Waals surface area contributed by atoms with E-state index >= 15 is 0 Å². The van der Waals surface area contributed by atoms with Crippen molar-refractivity contribution in [1.82, 2.24) is 5.43 Å². The predicted octanol–water partition coefficient (Wildman–Crippen LogP) is 5.29. The number of nitrogens with one attached hydrogen (secondary N) is 1. The van der Waals surface area contributed by atoms with Gasteiger partial charge in [-0.3, -0.25) is 4.79 Å². The van der Waals surface area contributed by atoms with Crippen LogP contribution >= 0.6 is 0 Å². The van der Waals surface area contributed by atoms with Gasteiger partial charge in [0.2, 0.25) is 0 Å². The first-order valence-electron chi connectivity index (χ1n) is 11.4. The maximum absolute atomic E-state index is 12.4. The Labute approximate surface area is 209 Å². The molecule has 4 rings (SSSR count). The Morgan fingerprint density at radius 1 is 0.889 bits per heavy atom. The van der Waals surface area contributed by atoms with Gasteiger partial charge in [0.1, 0.15) is 5.75 Å². The predicted molar refractivity (Wildman–Crippen MR) is 139 cm³/mol. The zero-order valence-corrected chi connectivity index (χ0v) is 20.2. The van der Waals surface area contributed by atoms with Crippen molar-refractivity contribution in [3.8, 4) is 17.2 Å². The molecule has 0 aliphatic carbocycles.